The number of aryl methyl sites for hydroxylation is 3. The van der Waals surface area contributed by atoms with E-state index >= 15 is 0 Å². The third kappa shape index (κ3) is 1.60. The van der Waals surface area contributed by atoms with Gasteiger partial charge in [0.25, 0.3) is 0 Å². The van der Waals surface area contributed by atoms with Crippen LogP contribution in [-0.2, 0) is 6.61 Å². The number of rotatable bonds is 1. The average molecular weight is 258 g/mol. The van der Waals surface area contributed by atoms with Crippen molar-refractivity contribution in [1.29, 1.82) is 0 Å². The Bertz CT molecular complexity index is 852. The zero-order chi connectivity index (χ0) is 13.7. The molecule has 0 fully saturated rings. The lowest BCUT2D eigenvalue weighted by atomic mass is 9.98. The van der Waals surface area contributed by atoms with Crippen LogP contribution in [0.4, 0.5) is 0 Å². The second-order valence-electron chi connectivity index (χ2n) is 4.81. The molecule has 0 aliphatic rings. The van der Waals surface area contributed by atoms with Gasteiger partial charge >= 0.3 is 5.63 Å². The number of hydrogen-bond acceptors (Lipinski definition) is 4. The summed E-state index contributed by atoms with van der Waals surface area (Å²) in [5.74, 6) is 0.767. The third-order valence-electron chi connectivity index (χ3n) is 3.48. The lowest BCUT2D eigenvalue weighted by molar-refractivity contribution is 0.284. The van der Waals surface area contributed by atoms with Crippen molar-refractivity contribution >= 4 is 21.9 Å². The van der Waals surface area contributed by atoms with E-state index in [1.807, 2.05) is 26.8 Å². The van der Waals surface area contributed by atoms with Crippen LogP contribution in [0.5, 0.6) is 0 Å². The van der Waals surface area contributed by atoms with Crippen LogP contribution >= 0.6 is 0 Å². The number of furan rings is 1. The molecule has 2 heterocycles. The van der Waals surface area contributed by atoms with Crippen LogP contribution in [0.1, 0.15) is 22.5 Å². The fraction of sp³-hybridized carbons (Fsp3) is 0.267. The van der Waals surface area contributed by atoms with E-state index in [0.717, 1.165) is 33.2 Å². The van der Waals surface area contributed by atoms with Gasteiger partial charge in [-0.05, 0) is 38.0 Å². The maximum atomic E-state index is 11.5. The summed E-state index contributed by atoms with van der Waals surface area (Å²) in [6.45, 7) is 5.43. The number of fused-ring (bicyclic) bond motifs is 2. The molecule has 0 aliphatic heterocycles. The zero-order valence-corrected chi connectivity index (χ0v) is 11.0. The fourth-order valence-corrected chi connectivity index (χ4v) is 2.67. The van der Waals surface area contributed by atoms with Crippen molar-refractivity contribution in [3.05, 3.63) is 45.0 Å². The molecule has 0 unspecified atom stereocenters. The molecule has 19 heavy (non-hydrogen) atoms. The molecule has 98 valence electrons. The van der Waals surface area contributed by atoms with Gasteiger partial charge < -0.3 is 13.9 Å². The Morgan fingerprint density at radius 1 is 1.11 bits per heavy atom. The van der Waals surface area contributed by atoms with Crippen LogP contribution in [0.2, 0.25) is 0 Å². The maximum absolute atomic E-state index is 11.5. The van der Waals surface area contributed by atoms with Gasteiger partial charge in [-0.1, -0.05) is 0 Å². The zero-order valence-electron chi connectivity index (χ0n) is 11.0. The minimum absolute atomic E-state index is 0.124. The molecule has 3 rings (SSSR count). The molecule has 0 saturated carbocycles. The van der Waals surface area contributed by atoms with Crippen LogP contribution in [0.15, 0.2) is 25.8 Å². The summed E-state index contributed by atoms with van der Waals surface area (Å²) in [5.41, 5.74) is 3.11. The Morgan fingerprint density at radius 2 is 1.84 bits per heavy atom. The monoisotopic (exact) mass is 258 g/mol. The van der Waals surface area contributed by atoms with Gasteiger partial charge in [0.15, 0.2) is 0 Å². The van der Waals surface area contributed by atoms with E-state index in [0.29, 0.717) is 11.2 Å². The van der Waals surface area contributed by atoms with Gasteiger partial charge in [0.05, 0.1) is 6.61 Å². The topological polar surface area (TPSA) is 63.6 Å². The predicted molar refractivity (Wildman–Crippen MR) is 72.4 cm³/mol. The van der Waals surface area contributed by atoms with Gasteiger partial charge in [-0.3, -0.25) is 0 Å². The molecular formula is C15H14O4. The number of aliphatic hydroxyl groups excluding tert-OH is 1. The first-order chi connectivity index (χ1) is 9.02. The van der Waals surface area contributed by atoms with Crippen LogP contribution in [0.3, 0.4) is 0 Å². The standard InChI is InChI=1S/C15H14O4/c1-7-4-12(17)19-15-9(3)14-10(5-8(2)18-14)11(6-16)13(7)15/h4-5,16H,6H2,1-3H3. The van der Waals surface area contributed by atoms with Crippen molar-refractivity contribution < 1.29 is 13.9 Å². The molecule has 4 nitrogen and oxygen atoms in total. The van der Waals surface area contributed by atoms with E-state index in [-0.39, 0.29) is 12.2 Å². The highest BCUT2D eigenvalue weighted by Crippen LogP contribution is 2.35. The third-order valence-corrected chi connectivity index (χ3v) is 3.48. The Balaban J connectivity index is 2.69. The largest absolute Gasteiger partial charge is 0.461 e. The van der Waals surface area contributed by atoms with Crippen LogP contribution < -0.4 is 5.63 Å². The first-order valence-corrected chi connectivity index (χ1v) is 6.10. The smallest absolute Gasteiger partial charge is 0.336 e. The van der Waals surface area contributed by atoms with Crippen molar-refractivity contribution in [1.82, 2.24) is 0 Å². The predicted octanol–water partition coefficient (Wildman–Crippen LogP) is 2.96. The van der Waals surface area contributed by atoms with E-state index in [2.05, 4.69) is 0 Å². The second kappa shape index (κ2) is 3.96. The fourth-order valence-electron chi connectivity index (χ4n) is 2.67. The minimum Gasteiger partial charge on any atom is -0.461 e. The summed E-state index contributed by atoms with van der Waals surface area (Å²) in [5, 5.41) is 11.3. The Kier molecular flexibility index (Phi) is 2.50. The first-order valence-electron chi connectivity index (χ1n) is 6.10. The molecule has 0 amide bonds. The molecule has 4 heteroatoms. The van der Waals surface area contributed by atoms with Crippen molar-refractivity contribution in [3.8, 4) is 0 Å². The van der Waals surface area contributed by atoms with Crippen molar-refractivity contribution in [2.24, 2.45) is 0 Å². The molecule has 0 atom stereocenters. The van der Waals surface area contributed by atoms with Crippen molar-refractivity contribution in [3.63, 3.8) is 0 Å². The highest BCUT2D eigenvalue weighted by molar-refractivity contribution is 6.02. The van der Waals surface area contributed by atoms with Gasteiger partial charge in [0.1, 0.15) is 16.9 Å². The van der Waals surface area contributed by atoms with Crippen molar-refractivity contribution in [2.75, 3.05) is 0 Å². The molecular weight excluding hydrogens is 244 g/mol. The molecule has 0 bridgehead atoms. The average Bonchev–Trinajstić information content (AvgIpc) is 2.73. The summed E-state index contributed by atoms with van der Waals surface area (Å²) in [4.78, 5) is 11.5. The molecule has 3 aromatic rings. The number of hydrogen-bond donors (Lipinski definition) is 1. The highest BCUT2D eigenvalue weighted by Gasteiger charge is 2.18. The molecule has 0 spiro atoms. The van der Waals surface area contributed by atoms with Crippen molar-refractivity contribution in [2.45, 2.75) is 27.4 Å². The van der Waals surface area contributed by atoms with Crippen LogP contribution in [0.25, 0.3) is 21.9 Å². The van der Waals surface area contributed by atoms with Gasteiger partial charge in [-0.2, -0.15) is 0 Å². The van der Waals surface area contributed by atoms with Gasteiger partial charge in [0, 0.05) is 22.4 Å². The summed E-state index contributed by atoms with van der Waals surface area (Å²) >= 11 is 0. The quantitative estimate of drug-likeness (QED) is 0.681. The van der Waals surface area contributed by atoms with E-state index in [4.69, 9.17) is 8.83 Å². The van der Waals surface area contributed by atoms with E-state index in [9.17, 15) is 9.90 Å². The summed E-state index contributed by atoms with van der Waals surface area (Å²) in [6.07, 6.45) is 0. The minimum atomic E-state index is -0.389. The van der Waals surface area contributed by atoms with Crippen LogP contribution in [-0.4, -0.2) is 5.11 Å². The summed E-state index contributed by atoms with van der Waals surface area (Å²) < 4.78 is 11.0. The molecule has 0 radical (unpaired) electrons. The second-order valence-corrected chi connectivity index (χ2v) is 4.81. The molecule has 2 aromatic heterocycles. The first kappa shape index (κ1) is 12.0. The molecule has 0 saturated heterocycles. The highest BCUT2D eigenvalue weighted by atomic mass is 16.4. The number of benzene rings is 1. The maximum Gasteiger partial charge on any atom is 0.336 e. The lowest BCUT2D eigenvalue weighted by Crippen LogP contribution is -2.01. The Labute approximate surface area is 109 Å². The van der Waals surface area contributed by atoms with Crippen LogP contribution in [0, 0.1) is 20.8 Å². The summed E-state index contributed by atoms with van der Waals surface area (Å²) in [6, 6.07) is 3.34. The Hall–Kier alpha value is -2.07. The normalized spacial score (nSPS) is 11.6. The lowest BCUT2D eigenvalue weighted by Gasteiger charge is -2.09. The SMILES string of the molecule is Cc1cc2c(CO)c3c(C)cc(=O)oc3c(C)c2o1. The van der Waals surface area contributed by atoms with E-state index < -0.39 is 0 Å². The molecule has 1 aromatic carbocycles. The van der Waals surface area contributed by atoms with Gasteiger partial charge in [-0.15, -0.1) is 0 Å². The van der Waals surface area contributed by atoms with E-state index in [1.165, 1.54) is 6.07 Å². The number of aliphatic hydroxyl groups is 1. The Morgan fingerprint density at radius 3 is 2.53 bits per heavy atom. The van der Waals surface area contributed by atoms with Gasteiger partial charge in [-0.25, -0.2) is 4.79 Å². The molecule has 1 N–H and O–H groups in total. The summed E-state index contributed by atoms with van der Waals surface area (Å²) in [7, 11) is 0. The van der Waals surface area contributed by atoms with Gasteiger partial charge in [0.2, 0.25) is 0 Å². The molecule has 0 aliphatic carbocycles. The van der Waals surface area contributed by atoms with E-state index in [1.54, 1.807) is 0 Å².